The number of nitrogens with zero attached hydrogens (tertiary/aromatic N) is 2. The summed E-state index contributed by atoms with van der Waals surface area (Å²) in [5.74, 6) is 1.75. The van der Waals surface area contributed by atoms with Crippen molar-refractivity contribution in [1.82, 2.24) is 20.4 Å². The molecule has 0 bridgehead atoms. The third-order valence-electron chi connectivity index (χ3n) is 5.35. The summed E-state index contributed by atoms with van der Waals surface area (Å²) in [5, 5.41) is 6.10. The molecule has 6 nitrogen and oxygen atoms in total. The van der Waals surface area contributed by atoms with Crippen LogP contribution in [0.15, 0.2) is 60.7 Å². The van der Waals surface area contributed by atoms with Crippen LogP contribution in [-0.4, -0.2) is 59.5 Å². The number of nitrogens with one attached hydrogen (secondary N) is 2. The van der Waals surface area contributed by atoms with Gasteiger partial charge in [-0.05, 0) is 11.1 Å². The Bertz CT molecular complexity index is 781. The van der Waals surface area contributed by atoms with Crippen molar-refractivity contribution in [2.24, 2.45) is 0 Å². The normalized spacial score (nSPS) is 21.1. The molecule has 0 saturated carbocycles. The lowest BCUT2D eigenvalue weighted by atomic mass is 10.1. The fourth-order valence-corrected chi connectivity index (χ4v) is 5.71. The van der Waals surface area contributed by atoms with E-state index >= 15 is 0 Å². The number of amides is 4. The van der Waals surface area contributed by atoms with Crippen molar-refractivity contribution < 1.29 is 9.59 Å². The van der Waals surface area contributed by atoms with Crippen molar-refractivity contribution in [1.29, 1.82) is 0 Å². The average molecular weight is 443 g/mol. The maximum Gasteiger partial charge on any atom is 0.318 e. The molecule has 2 aliphatic heterocycles. The minimum atomic E-state index is 0.00939. The minimum Gasteiger partial charge on any atom is -0.329 e. The number of carbonyl (C=O) groups is 2. The molecule has 2 heterocycles. The molecule has 2 saturated heterocycles. The van der Waals surface area contributed by atoms with Crippen LogP contribution in [0.1, 0.15) is 23.2 Å². The first kappa shape index (κ1) is 20.9. The maximum absolute atomic E-state index is 12.2. The molecule has 0 radical (unpaired) electrons. The SMILES string of the molecule is O=C1N[C@@H](c2ccccc2)CN1CCSSCCN1C[C@H](c2ccccc2)NC1=O. The van der Waals surface area contributed by atoms with Crippen LogP contribution in [-0.2, 0) is 0 Å². The number of benzene rings is 2. The van der Waals surface area contributed by atoms with E-state index in [2.05, 4.69) is 34.9 Å². The van der Waals surface area contributed by atoms with Crippen LogP contribution in [0.5, 0.6) is 0 Å². The summed E-state index contributed by atoms with van der Waals surface area (Å²) in [5.41, 5.74) is 2.29. The number of carbonyl (C=O) groups excluding carboxylic acids is 2. The lowest BCUT2D eigenvalue weighted by Gasteiger charge is -2.15. The fraction of sp³-hybridized carbons (Fsp3) is 0.364. The molecule has 2 aromatic rings. The predicted octanol–water partition coefficient (Wildman–Crippen LogP) is 3.90. The molecule has 0 aliphatic carbocycles. The van der Waals surface area contributed by atoms with E-state index in [4.69, 9.17) is 0 Å². The van der Waals surface area contributed by atoms with E-state index in [1.54, 1.807) is 21.6 Å². The van der Waals surface area contributed by atoms with Gasteiger partial charge in [0.15, 0.2) is 0 Å². The van der Waals surface area contributed by atoms with E-state index in [0.29, 0.717) is 13.1 Å². The molecule has 2 fully saturated rings. The van der Waals surface area contributed by atoms with Crippen LogP contribution >= 0.6 is 21.6 Å². The molecule has 4 amide bonds. The Morgan fingerprint density at radius 3 is 1.50 bits per heavy atom. The van der Waals surface area contributed by atoms with Crippen LogP contribution in [0.2, 0.25) is 0 Å². The molecule has 158 valence electrons. The molecule has 2 aromatic carbocycles. The summed E-state index contributed by atoms with van der Waals surface area (Å²) in [4.78, 5) is 28.1. The van der Waals surface area contributed by atoms with E-state index in [9.17, 15) is 9.59 Å². The zero-order chi connectivity index (χ0) is 20.8. The number of hydrogen-bond acceptors (Lipinski definition) is 4. The van der Waals surface area contributed by atoms with Crippen LogP contribution < -0.4 is 10.6 Å². The zero-order valence-corrected chi connectivity index (χ0v) is 18.3. The highest BCUT2D eigenvalue weighted by Crippen LogP contribution is 2.25. The van der Waals surface area contributed by atoms with Gasteiger partial charge in [-0.1, -0.05) is 82.3 Å². The molecule has 0 unspecified atom stereocenters. The smallest absolute Gasteiger partial charge is 0.318 e. The van der Waals surface area contributed by atoms with Gasteiger partial charge in [-0.3, -0.25) is 0 Å². The lowest BCUT2D eigenvalue weighted by Crippen LogP contribution is -2.30. The monoisotopic (exact) mass is 442 g/mol. The van der Waals surface area contributed by atoms with Crippen molar-refractivity contribution in [2.75, 3.05) is 37.7 Å². The zero-order valence-electron chi connectivity index (χ0n) is 16.7. The highest BCUT2D eigenvalue weighted by atomic mass is 33.1. The van der Waals surface area contributed by atoms with E-state index in [1.807, 2.05) is 46.2 Å². The third-order valence-corrected chi connectivity index (χ3v) is 7.72. The van der Waals surface area contributed by atoms with E-state index in [-0.39, 0.29) is 24.1 Å². The Balaban J connectivity index is 1.12. The quantitative estimate of drug-likeness (QED) is 0.457. The van der Waals surface area contributed by atoms with Crippen LogP contribution in [0.4, 0.5) is 9.59 Å². The first-order valence-electron chi connectivity index (χ1n) is 10.2. The Labute approximate surface area is 185 Å². The van der Waals surface area contributed by atoms with E-state index in [1.165, 1.54) is 0 Å². The lowest BCUT2D eigenvalue weighted by molar-refractivity contribution is 0.219. The second-order valence-corrected chi connectivity index (χ2v) is 10.1. The molecule has 0 spiro atoms. The summed E-state index contributed by atoms with van der Waals surface area (Å²) in [7, 11) is 3.52. The summed E-state index contributed by atoms with van der Waals surface area (Å²) < 4.78 is 0. The average Bonchev–Trinajstić information content (AvgIpc) is 3.34. The van der Waals surface area contributed by atoms with Gasteiger partial charge in [0, 0.05) is 37.7 Å². The van der Waals surface area contributed by atoms with Gasteiger partial charge in [-0.15, -0.1) is 0 Å². The first-order valence-corrected chi connectivity index (χ1v) is 12.6. The van der Waals surface area contributed by atoms with Gasteiger partial charge in [-0.2, -0.15) is 0 Å². The highest BCUT2D eigenvalue weighted by Gasteiger charge is 2.30. The molecule has 8 heteroatoms. The summed E-state index contributed by atoms with van der Waals surface area (Å²) in [6.45, 7) is 2.88. The first-order chi connectivity index (χ1) is 14.7. The summed E-state index contributed by atoms with van der Waals surface area (Å²) >= 11 is 0. The van der Waals surface area contributed by atoms with Crippen molar-refractivity contribution in [3.63, 3.8) is 0 Å². The standard InChI is InChI=1S/C22H26N4O2S2/c27-21-23-19(17-7-3-1-4-8-17)15-25(21)11-13-29-30-14-12-26-16-20(24-22(26)28)18-9-5-2-6-10-18/h1-10,19-20H,11-16H2,(H,23,27)(H,24,28)/t19-,20-/m1/s1. The molecular weight excluding hydrogens is 416 g/mol. The Morgan fingerprint density at radius 2 is 1.10 bits per heavy atom. The Hall–Kier alpha value is -2.32. The van der Waals surface area contributed by atoms with Gasteiger partial charge in [0.1, 0.15) is 0 Å². The van der Waals surface area contributed by atoms with Crippen molar-refractivity contribution in [2.45, 2.75) is 12.1 Å². The topological polar surface area (TPSA) is 64.7 Å². The van der Waals surface area contributed by atoms with Gasteiger partial charge in [0.2, 0.25) is 0 Å². The summed E-state index contributed by atoms with van der Waals surface area (Å²) in [6, 6.07) is 20.3. The van der Waals surface area contributed by atoms with Crippen molar-refractivity contribution in [3.05, 3.63) is 71.8 Å². The van der Waals surface area contributed by atoms with Gasteiger partial charge in [-0.25, -0.2) is 9.59 Å². The van der Waals surface area contributed by atoms with Gasteiger partial charge in [0.25, 0.3) is 0 Å². The second kappa shape index (κ2) is 10.1. The second-order valence-electron chi connectivity index (χ2n) is 7.36. The molecule has 2 N–H and O–H groups in total. The van der Waals surface area contributed by atoms with Crippen LogP contribution in [0.25, 0.3) is 0 Å². The van der Waals surface area contributed by atoms with Gasteiger partial charge >= 0.3 is 12.1 Å². The summed E-state index contributed by atoms with van der Waals surface area (Å²) in [6.07, 6.45) is 0. The minimum absolute atomic E-state index is 0.00939. The van der Waals surface area contributed by atoms with Crippen molar-refractivity contribution >= 4 is 33.7 Å². The van der Waals surface area contributed by atoms with Crippen LogP contribution in [0, 0.1) is 0 Å². The Kier molecular flexibility index (Phi) is 7.07. The predicted molar refractivity (Wildman–Crippen MR) is 123 cm³/mol. The van der Waals surface area contributed by atoms with E-state index in [0.717, 1.165) is 35.7 Å². The maximum atomic E-state index is 12.2. The number of urea groups is 2. The molecule has 2 atom stereocenters. The molecule has 30 heavy (non-hydrogen) atoms. The molecule has 0 aromatic heterocycles. The molecule has 4 rings (SSSR count). The Morgan fingerprint density at radius 1 is 0.700 bits per heavy atom. The highest BCUT2D eigenvalue weighted by molar-refractivity contribution is 8.76. The third kappa shape index (κ3) is 5.23. The van der Waals surface area contributed by atoms with Gasteiger partial charge < -0.3 is 20.4 Å². The largest absolute Gasteiger partial charge is 0.329 e. The van der Waals surface area contributed by atoms with Crippen molar-refractivity contribution in [3.8, 4) is 0 Å². The number of hydrogen-bond donors (Lipinski definition) is 2. The van der Waals surface area contributed by atoms with Crippen LogP contribution in [0.3, 0.4) is 0 Å². The number of rotatable bonds is 9. The van der Waals surface area contributed by atoms with Gasteiger partial charge in [0.05, 0.1) is 12.1 Å². The molecule has 2 aliphatic rings. The fourth-order valence-electron chi connectivity index (χ4n) is 3.73. The van der Waals surface area contributed by atoms with E-state index < -0.39 is 0 Å². The molecular formula is C22H26N4O2S2.